The second-order valence-electron chi connectivity index (χ2n) is 2.93. The molecule has 0 aliphatic rings. The predicted molar refractivity (Wildman–Crippen MR) is 63.9 cm³/mol. The summed E-state index contributed by atoms with van der Waals surface area (Å²) in [6.45, 7) is 0. The van der Waals surface area contributed by atoms with Crippen LogP contribution in [0.15, 0.2) is 41.1 Å². The van der Waals surface area contributed by atoms with Gasteiger partial charge >= 0.3 is 0 Å². The smallest absolute Gasteiger partial charge is 0.220 e. The fourth-order valence-corrected chi connectivity index (χ4v) is 1.50. The molecular formula is C10H9BrN4. The molecule has 5 heteroatoms. The first kappa shape index (κ1) is 9.92. The van der Waals surface area contributed by atoms with E-state index in [0.717, 1.165) is 15.8 Å². The van der Waals surface area contributed by atoms with Gasteiger partial charge in [-0.1, -0.05) is 12.1 Å². The van der Waals surface area contributed by atoms with Crippen molar-refractivity contribution in [2.24, 2.45) is 0 Å². The summed E-state index contributed by atoms with van der Waals surface area (Å²) >= 11 is 3.44. The van der Waals surface area contributed by atoms with Crippen LogP contribution in [0.5, 0.6) is 0 Å². The van der Waals surface area contributed by atoms with Gasteiger partial charge in [-0.3, -0.25) is 0 Å². The maximum atomic E-state index is 5.39. The minimum Gasteiger partial charge on any atom is -0.368 e. The third-order valence-corrected chi connectivity index (χ3v) is 2.52. The van der Waals surface area contributed by atoms with E-state index >= 15 is 0 Å². The number of hydrogen-bond donors (Lipinski definition) is 2. The Hall–Kier alpha value is -1.62. The summed E-state index contributed by atoms with van der Waals surface area (Å²) in [5, 5.41) is 3.17. The molecule has 0 fully saturated rings. The van der Waals surface area contributed by atoms with E-state index in [0.29, 0.717) is 0 Å². The minimum absolute atomic E-state index is 0.271. The van der Waals surface area contributed by atoms with Gasteiger partial charge in [0.1, 0.15) is 0 Å². The lowest BCUT2D eigenvalue weighted by Crippen LogP contribution is -1.97. The van der Waals surface area contributed by atoms with E-state index in [2.05, 4.69) is 31.2 Å². The Kier molecular flexibility index (Phi) is 2.82. The monoisotopic (exact) mass is 264 g/mol. The van der Waals surface area contributed by atoms with E-state index in [1.165, 1.54) is 0 Å². The number of halogens is 1. The fraction of sp³-hybridized carbons (Fsp3) is 0. The second kappa shape index (κ2) is 4.27. The molecule has 15 heavy (non-hydrogen) atoms. The van der Waals surface area contributed by atoms with E-state index in [1.807, 2.05) is 24.3 Å². The van der Waals surface area contributed by atoms with Crippen molar-refractivity contribution in [1.82, 2.24) is 9.97 Å². The zero-order valence-corrected chi connectivity index (χ0v) is 9.40. The Morgan fingerprint density at radius 1 is 1.13 bits per heavy atom. The van der Waals surface area contributed by atoms with Gasteiger partial charge < -0.3 is 11.1 Å². The first-order valence-corrected chi connectivity index (χ1v) is 5.14. The average Bonchev–Trinajstić information content (AvgIpc) is 2.25. The summed E-state index contributed by atoms with van der Waals surface area (Å²) in [5.41, 5.74) is 7.16. The number of anilines is 3. The van der Waals surface area contributed by atoms with Crippen LogP contribution in [0.1, 0.15) is 0 Å². The highest BCUT2D eigenvalue weighted by molar-refractivity contribution is 9.10. The van der Waals surface area contributed by atoms with Crippen LogP contribution in [-0.4, -0.2) is 9.97 Å². The molecule has 0 atom stereocenters. The van der Waals surface area contributed by atoms with Gasteiger partial charge in [0.15, 0.2) is 0 Å². The average molecular weight is 265 g/mol. The Balaban J connectivity index is 2.22. The molecule has 2 aromatic rings. The van der Waals surface area contributed by atoms with E-state index in [4.69, 9.17) is 5.73 Å². The van der Waals surface area contributed by atoms with Crippen LogP contribution < -0.4 is 11.1 Å². The molecule has 1 heterocycles. The zero-order chi connectivity index (χ0) is 10.7. The maximum Gasteiger partial charge on any atom is 0.220 e. The molecule has 3 N–H and O–H groups in total. The largest absolute Gasteiger partial charge is 0.368 e. The molecule has 1 aromatic carbocycles. The predicted octanol–water partition coefficient (Wildman–Crippen LogP) is 2.56. The van der Waals surface area contributed by atoms with Crippen LogP contribution >= 0.6 is 15.9 Å². The Morgan fingerprint density at radius 3 is 2.47 bits per heavy atom. The Labute approximate surface area is 95.7 Å². The standard InChI is InChI=1S/C10H9BrN4/c11-8-3-1-2-4-9(8)15-7-5-13-10(12)14-6-7/h1-6,15H,(H2,12,13,14). The van der Waals surface area contributed by atoms with Crippen LogP contribution in [0.3, 0.4) is 0 Å². The lowest BCUT2D eigenvalue weighted by molar-refractivity contribution is 1.18. The molecule has 0 amide bonds. The number of aromatic nitrogens is 2. The minimum atomic E-state index is 0.271. The van der Waals surface area contributed by atoms with Crippen LogP contribution in [0.4, 0.5) is 17.3 Å². The van der Waals surface area contributed by atoms with Gasteiger partial charge in [-0.2, -0.15) is 0 Å². The first-order valence-electron chi connectivity index (χ1n) is 4.35. The van der Waals surface area contributed by atoms with Gasteiger partial charge in [-0.15, -0.1) is 0 Å². The van der Waals surface area contributed by atoms with Crippen LogP contribution in [0, 0.1) is 0 Å². The zero-order valence-electron chi connectivity index (χ0n) is 7.81. The maximum absolute atomic E-state index is 5.39. The molecule has 0 saturated carbocycles. The van der Waals surface area contributed by atoms with Crippen molar-refractivity contribution < 1.29 is 0 Å². The van der Waals surface area contributed by atoms with Crippen LogP contribution in [0.25, 0.3) is 0 Å². The normalized spacial score (nSPS) is 9.93. The summed E-state index contributed by atoms with van der Waals surface area (Å²) in [6, 6.07) is 7.82. The quantitative estimate of drug-likeness (QED) is 0.875. The molecule has 0 spiro atoms. The molecule has 76 valence electrons. The molecule has 2 rings (SSSR count). The summed E-state index contributed by atoms with van der Waals surface area (Å²) in [6.07, 6.45) is 3.28. The SMILES string of the molecule is Nc1ncc(Nc2ccccc2Br)cn1. The first-order chi connectivity index (χ1) is 7.25. The molecule has 0 radical (unpaired) electrons. The topological polar surface area (TPSA) is 63.8 Å². The number of benzene rings is 1. The van der Waals surface area contributed by atoms with E-state index in [-0.39, 0.29) is 5.95 Å². The summed E-state index contributed by atoms with van der Waals surface area (Å²) < 4.78 is 0.988. The van der Waals surface area contributed by atoms with Crippen LogP contribution in [-0.2, 0) is 0 Å². The van der Waals surface area contributed by atoms with Gasteiger partial charge in [0.2, 0.25) is 5.95 Å². The number of nitrogens with two attached hydrogens (primary N) is 1. The highest BCUT2D eigenvalue weighted by Gasteiger charge is 1.99. The molecule has 0 bridgehead atoms. The highest BCUT2D eigenvalue weighted by atomic mass is 79.9. The van der Waals surface area contributed by atoms with Crippen LogP contribution in [0.2, 0.25) is 0 Å². The number of nitrogens with one attached hydrogen (secondary N) is 1. The summed E-state index contributed by atoms with van der Waals surface area (Å²) in [5.74, 6) is 0.271. The van der Waals surface area contributed by atoms with Crippen molar-refractivity contribution in [3.8, 4) is 0 Å². The van der Waals surface area contributed by atoms with Crippen molar-refractivity contribution in [2.45, 2.75) is 0 Å². The number of nitrogens with zero attached hydrogens (tertiary/aromatic N) is 2. The van der Waals surface area contributed by atoms with E-state index in [9.17, 15) is 0 Å². The van der Waals surface area contributed by atoms with Crippen molar-refractivity contribution in [2.75, 3.05) is 11.1 Å². The molecule has 0 saturated heterocycles. The number of rotatable bonds is 2. The lowest BCUT2D eigenvalue weighted by atomic mass is 10.3. The number of para-hydroxylation sites is 1. The summed E-state index contributed by atoms with van der Waals surface area (Å²) in [7, 11) is 0. The van der Waals surface area contributed by atoms with Crippen molar-refractivity contribution in [3.63, 3.8) is 0 Å². The second-order valence-corrected chi connectivity index (χ2v) is 3.79. The third kappa shape index (κ3) is 2.44. The van der Waals surface area contributed by atoms with Gasteiger partial charge in [0.25, 0.3) is 0 Å². The lowest BCUT2D eigenvalue weighted by Gasteiger charge is -2.07. The highest BCUT2D eigenvalue weighted by Crippen LogP contribution is 2.24. The van der Waals surface area contributed by atoms with E-state index < -0.39 is 0 Å². The van der Waals surface area contributed by atoms with Gasteiger partial charge in [-0.25, -0.2) is 9.97 Å². The molecule has 4 nitrogen and oxygen atoms in total. The Morgan fingerprint density at radius 2 is 1.80 bits per heavy atom. The van der Waals surface area contributed by atoms with Crippen molar-refractivity contribution in [1.29, 1.82) is 0 Å². The van der Waals surface area contributed by atoms with Crippen molar-refractivity contribution in [3.05, 3.63) is 41.1 Å². The Bertz CT molecular complexity index is 455. The molecule has 0 aliphatic carbocycles. The summed E-state index contributed by atoms with van der Waals surface area (Å²) in [4.78, 5) is 7.79. The van der Waals surface area contributed by atoms with Gasteiger partial charge in [0.05, 0.1) is 23.8 Å². The van der Waals surface area contributed by atoms with Gasteiger partial charge in [0, 0.05) is 4.47 Å². The van der Waals surface area contributed by atoms with Crippen molar-refractivity contribution >= 4 is 33.3 Å². The van der Waals surface area contributed by atoms with E-state index in [1.54, 1.807) is 12.4 Å². The third-order valence-electron chi connectivity index (χ3n) is 1.82. The fourth-order valence-electron chi connectivity index (χ4n) is 1.12. The molecular weight excluding hydrogens is 256 g/mol. The van der Waals surface area contributed by atoms with Gasteiger partial charge in [-0.05, 0) is 28.1 Å². The number of nitrogen functional groups attached to an aromatic ring is 1. The molecule has 0 aliphatic heterocycles. The molecule has 1 aromatic heterocycles. The number of hydrogen-bond acceptors (Lipinski definition) is 4. The molecule has 0 unspecified atom stereocenters.